The average molecular weight is 349 g/mol. The minimum Gasteiger partial charge on any atom is -0.274 e. The molecule has 2 aromatic heterocycles. The zero-order valence-corrected chi connectivity index (χ0v) is 13.2. The molecule has 106 valence electrons. The summed E-state index contributed by atoms with van der Waals surface area (Å²) in [6.45, 7) is 0. The lowest BCUT2D eigenvalue weighted by atomic mass is 10.2. The number of aromatic nitrogens is 1. The van der Waals surface area contributed by atoms with E-state index in [1.807, 2.05) is 17.5 Å². The fourth-order valence-corrected chi connectivity index (χ4v) is 5.34. The molecular formula is C11H9ClN2O3S3. The van der Waals surface area contributed by atoms with Crippen molar-refractivity contribution < 1.29 is 13.2 Å². The Morgan fingerprint density at radius 3 is 2.90 bits per heavy atom. The maximum absolute atomic E-state index is 12.0. The van der Waals surface area contributed by atoms with Gasteiger partial charge in [0.1, 0.15) is 4.90 Å². The van der Waals surface area contributed by atoms with Crippen LogP contribution in [0.4, 0.5) is 0 Å². The van der Waals surface area contributed by atoms with E-state index in [0.29, 0.717) is 6.42 Å². The van der Waals surface area contributed by atoms with Crippen molar-refractivity contribution in [3.8, 4) is 0 Å². The molecule has 2 atom stereocenters. The van der Waals surface area contributed by atoms with E-state index in [9.17, 15) is 13.2 Å². The van der Waals surface area contributed by atoms with Crippen LogP contribution in [0.1, 0.15) is 17.2 Å². The number of hydrogen-bond donors (Lipinski definition) is 1. The molecule has 1 N–H and O–H groups in total. The van der Waals surface area contributed by atoms with Gasteiger partial charge in [-0.05, 0) is 29.4 Å². The lowest BCUT2D eigenvalue weighted by Gasteiger charge is -2.04. The highest BCUT2D eigenvalue weighted by Crippen LogP contribution is 2.49. The Labute approximate surface area is 128 Å². The molecule has 0 bridgehead atoms. The monoisotopic (exact) mass is 348 g/mol. The third kappa shape index (κ3) is 2.60. The topological polar surface area (TPSA) is 76.1 Å². The summed E-state index contributed by atoms with van der Waals surface area (Å²) < 4.78 is 29.8. The van der Waals surface area contributed by atoms with Gasteiger partial charge < -0.3 is 0 Å². The van der Waals surface area contributed by atoms with Crippen LogP contribution in [0.2, 0.25) is 5.15 Å². The Morgan fingerprint density at radius 1 is 1.50 bits per heavy atom. The number of halogens is 1. The normalized spacial score (nSPS) is 21.6. The highest BCUT2D eigenvalue weighted by molar-refractivity contribution is 7.90. The van der Waals surface area contributed by atoms with Crippen LogP contribution in [0.25, 0.3) is 0 Å². The second-order valence-electron chi connectivity index (χ2n) is 4.40. The predicted molar refractivity (Wildman–Crippen MR) is 77.6 cm³/mol. The van der Waals surface area contributed by atoms with Gasteiger partial charge in [-0.15, -0.1) is 11.3 Å². The minimum absolute atomic E-state index is 0.110. The van der Waals surface area contributed by atoms with E-state index in [1.54, 1.807) is 11.3 Å². The van der Waals surface area contributed by atoms with Gasteiger partial charge in [-0.3, -0.25) is 4.79 Å². The highest BCUT2D eigenvalue weighted by Gasteiger charge is 2.45. The first-order valence-electron chi connectivity index (χ1n) is 5.69. The molecule has 0 aromatic carbocycles. The summed E-state index contributed by atoms with van der Waals surface area (Å²) in [6, 6.07) is 3.87. The molecule has 1 saturated carbocycles. The van der Waals surface area contributed by atoms with Gasteiger partial charge in [0.15, 0.2) is 5.15 Å². The number of carbonyl (C=O) groups is 1. The number of nitrogens with zero attached hydrogens (tertiary/aromatic N) is 1. The molecule has 2 aromatic rings. The lowest BCUT2D eigenvalue weighted by molar-refractivity contribution is -0.120. The molecule has 0 saturated heterocycles. The third-order valence-corrected chi connectivity index (χ3v) is 6.70. The van der Waals surface area contributed by atoms with Crippen molar-refractivity contribution in [2.24, 2.45) is 5.92 Å². The number of hydrogen-bond acceptors (Lipinski definition) is 6. The molecule has 1 aliphatic rings. The molecule has 1 fully saturated rings. The van der Waals surface area contributed by atoms with Crippen LogP contribution >= 0.6 is 34.5 Å². The Bertz CT molecular complexity index is 739. The summed E-state index contributed by atoms with van der Waals surface area (Å²) in [7, 11) is -3.92. The Kier molecular flexibility index (Phi) is 3.57. The van der Waals surface area contributed by atoms with Crippen LogP contribution in [-0.4, -0.2) is 18.7 Å². The van der Waals surface area contributed by atoms with Gasteiger partial charge >= 0.3 is 0 Å². The Balaban J connectivity index is 1.70. The molecule has 3 rings (SSSR count). The molecule has 20 heavy (non-hydrogen) atoms. The Morgan fingerprint density at radius 2 is 2.30 bits per heavy atom. The van der Waals surface area contributed by atoms with Crippen LogP contribution in [0, 0.1) is 5.92 Å². The third-order valence-electron chi connectivity index (χ3n) is 3.06. The van der Waals surface area contributed by atoms with Crippen molar-refractivity contribution >= 4 is 50.4 Å². The van der Waals surface area contributed by atoms with Crippen molar-refractivity contribution in [2.75, 3.05) is 0 Å². The van der Waals surface area contributed by atoms with Crippen molar-refractivity contribution in [3.05, 3.63) is 32.9 Å². The van der Waals surface area contributed by atoms with Crippen LogP contribution in [0.15, 0.2) is 27.8 Å². The summed E-state index contributed by atoms with van der Waals surface area (Å²) in [5, 5.41) is 3.14. The first kappa shape index (κ1) is 14.0. The number of amides is 1. The molecule has 0 aliphatic heterocycles. The summed E-state index contributed by atoms with van der Waals surface area (Å²) >= 11 is 8.19. The number of nitrogens with one attached hydrogen (secondary N) is 1. The lowest BCUT2D eigenvalue weighted by Crippen LogP contribution is -2.32. The van der Waals surface area contributed by atoms with Gasteiger partial charge in [0.25, 0.3) is 10.0 Å². The van der Waals surface area contributed by atoms with Crippen molar-refractivity contribution in [2.45, 2.75) is 17.2 Å². The standard InChI is InChI=1S/C11H9ClN2O3S3/c12-10-9(5-19-13-10)20(16,17)14-11(15)7-4-6(7)8-2-1-3-18-8/h1-3,5-7H,4H2,(H,14,15)/t6-,7-/m1/s1. The molecule has 1 amide bonds. The fourth-order valence-electron chi connectivity index (χ4n) is 1.95. The smallest absolute Gasteiger partial charge is 0.268 e. The zero-order chi connectivity index (χ0) is 14.3. The molecule has 0 unspecified atom stereocenters. The van der Waals surface area contributed by atoms with Crippen molar-refractivity contribution in [1.82, 2.24) is 9.10 Å². The average Bonchev–Trinajstić information content (AvgIpc) is 2.81. The molecule has 5 nitrogen and oxygen atoms in total. The van der Waals surface area contributed by atoms with Gasteiger partial charge in [0, 0.05) is 22.1 Å². The van der Waals surface area contributed by atoms with E-state index in [0.717, 1.165) is 16.4 Å². The summed E-state index contributed by atoms with van der Waals surface area (Å²) in [5.74, 6) is -0.638. The van der Waals surface area contributed by atoms with Crippen molar-refractivity contribution in [1.29, 1.82) is 0 Å². The van der Waals surface area contributed by atoms with Crippen LogP contribution < -0.4 is 4.72 Å². The molecule has 1 aliphatic carbocycles. The second-order valence-corrected chi connectivity index (χ2v) is 8.02. The number of sulfonamides is 1. The first-order chi connectivity index (χ1) is 9.49. The maximum atomic E-state index is 12.0. The summed E-state index contributed by atoms with van der Waals surface area (Å²) in [4.78, 5) is 12.9. The first-order valence-corrected chi connectivity index (χ1v) is 9.26. The SMILES string of the molecule is O=C(NS(=O)(=O)c1csnc1Cl)[C@@H]1C[C@H]1c1cccs1. The molecule has 9 heteroatoms. The minimum atomic E-state index is -3.92. The quantitative estimate of drug-likeness (QED) is 0.920. The zero-order valence-electron chi connectivity index (χ0n) is 9.95. The van der Waals surface area contributed by atoms with Crippen molar-refractivity contribution in [3.63, 3.8) is 0 Å². The number of thiophene rings is 1. The number of carbonyl (C=O) groups excluding carboxylic acids is 1. The maximum Gasteiger partial charge on any atom is 0.268 e. The van der Waals surface area contributed by atoms with E-state index >= 15 is 0 Å². The number of rotatable bonds is 4. The van der Waals surface area contributed by atoms with Crippen LogP contribution in [0.3, 0.4) is 0 Å². The second kappa shape index (κ2) is 5.10. The van der Waals surface area contributed by atoms with Crippen LogP contribution in [0.5, 0.6) is 0 Å². The highest BCUT2D eigenvalue weighted by atomic mass is 35.5. The van der Waals surface area contributed by atoms with E-state index in [1.165, 1.54) is 5.38 Å². The predicted octanol–water partition coefficient (Wildman–Crippen LogP) is 2.47. The van der Waals surface area contributed by atoms with E-state index in [4.69, 9.17) is 11.6 Å². The largest absolute Gasteiger partial charge is 0.274 e. The van der Waals surface area contributed by atoms with E-state index < -0.39 is 15.9 Å². The van der Waals surface area contributed by atoms with Gasteiger partial charge in [-0.25, -0.2) is 13.1 Å². The van der Waals surface area contributed by atoms with Gasteiger partial charge in [0.2, 0.25) is 5.91 Å². The Hall–Kier alpha value is -0.960. The van der Waals surface area contributed by atoms with Gasteiger partial charge in [-0.2, -0.15) is 4.37 Å². The molecular weight excluding hydrogens is 340 g/mol. The molecule has 2 heterocycles. The molecule has 0 radical (unpaired) electrons. The van der Waals surface area contributed by atoms with E-state index in [-0.39, 0.29) is 21.9 Å². The fraction of sp³-hybridized carbons (Fsp3) is 0.273. The van der Waals surface area contributed by atoms with Gasteiger partial charge in [0.05, 0.1) is 0 Å². The summed E-state index contributed by atoms with van der Waals surface area (Å²) in [6.07, 6.45) is 0.678. The molecule has 0 spiro atoms. The van der Waals surface area contributed by atoms with Crippen LogP contribution in [-0.2, 0) is 14.8 Å². The van der Waals surface area contributed by atoms with Gasteiger partial charge in [-0.1, -0.05) is 17.7 Å². The van der Waals surface area contributed by atoms with E-state index in [2.05, 4.69) is 9.10 Å². The summed E-state index contributed by atoms with van der Waals surface area (Å²) in [5.41, 5.74) is 0.